The maximum Gasteiger partial charge on any atom is 0.0285 e. The van der Waals surface area contributed by atoms with E-state index >= 15 is 0 Å². The SMILES string of the molecule is CC(C)(C)NCC1CCC1Cc1cc(Br)cs1. The first-order valence-electron chi connectivity index (χ1n) is 6.42. The van der Waals surface area contributed by atoms with Gasteiger partial charge in [0.05, 0.1) is 0 Å². The second-order valence-corrected chi connectivity index (χ2v) is 8.08. The van der Waals surface area contributed by atoms with Crippen LogP contribution in [0.15, 0.2) is 15.9 Å². The molecule has 1 fully saturated rings. The first-order valence-corrected chi connectivity index (χ1v) is 8.09. The van der Waals surface area contributed by atoms with Crippen molar-refractivity contribution >= 4 is 27.3 Å². The van der Waals surface area contributed by atoms with Gasteiger partial charge in [0.1, 0.15) is 0 Å². The fourth-order valence-corrected chi connectivity index (χ4v) is 3.88. The Labute approximate surface area is 117 Å². The molecule has 1 aliphatic carbocycles. The summed E-state index contributed by atoms with van der Waals surface area (Å²) in [5.41, 5.74) is 0.256. The van der Waals surface area contributed by atoms with Gasteiger partial charge in [0, 0.05) is 20.3 Å². The van der Waals surface area contributed by atoms with E-state index in [2.05, 4.69) is 53.5 Å². The Bertz CT molecular complexity index is 367. The van der Waals surface area contributed by atoms with Crippen LogP contribution in [0.3, 0.4) is 0 Å². The molecule has 1 aliphatic rings. The van der Waals surface area contributed by atoms with Crippen molar-refractivity contribution in [1.29, 1.82) is 0 Å². The largest absolute Gasteiger partial charge is 0.312 e. The van der Waals surface area contributed by atoms with E-state index in [9.17, 15) is 0 Å². The molecule has 0 amide bonds. The van der Waals surface area contributed by atoms with Gasteiger partial charge in [0.25, 0.3) is 0 Å². The number of halogens is 1. The highest BCUT2D eigenvalue weighted by Crippen LogP contribution is 2.38. The van der Waals surface area contributed by atoms with Gasteiger partial charge in [0.2, 0.25) is 0 Å². The molecule has 2 unspecified atom stereocenters. The van der Waals surface area contributed by atoms with Crippen LogP contribution in [-0.4, -0.2) is 12.1 Å². The fraction of sp³-hybridized carbons (Fsp3) is 0.714. The molecule has 0 bridgehead atoms. The van der Waals surface area contributed by atoms with Crippen LogP contribution in [0.5, 0.6) is 0 Å². The highest BCUT2D eigenvalue weighted by atomic mass is 79.9. The van der Waals surface area contributed by atoms with Gasteiger partial charge >= 0.3 is 0 Å². The summed E-state index contributed by atoms with van der Waals surface area (Å²) >= 11 is 5.42. The van der Waals surface area contributed by atoms with Gasteiger partial charge in [0.15, 0.2) is 0 Å². The molecule has 1 aromatic rings. The molecule has 0 aromatic carbocycles. The summed E-state index contributed by atoms with van der Waals surface area (Å²) in [6, 6.07) is 2.28. The van der Waals surface area contributed by atoms with E-state index in [1.807, 2.05) is 11.3 Å². The highest BCUT2D eigenvalue weighted by molar-refractivity contribution is 9.10. The molecule has 2 rings (SSSR count). The average molecular weight is 316 g/mol. The monoisotopic (exact) mass is 315 g/mol. The summed E-state index contributed by atoms with van der Waals surface area (Å²) in [5.74, 6) is 1.78. The normalized spacial score (nSPS) is 24.7. The van der Waals surface area contributed by atoms with Crippen molar-refractivity contribution < 1.29 is 0 Å². The number of thiophene rings is 1. The van der Waals surface area contributed by atoms with Gasteiger partial charge in [-0.2, -0.15) is 0 Å². The van der Waals surface area contributed by atoms with E-state index < -0.39 is 0 Å². The highest BCUT2D eigenvalue weighted by Gasteiger charge is 2.31. The summed E-state index contributed by atoms with van der Waals surface area (Å²) in [7, 11) is 0. The van der Waals surface area contributed by atoms with Crippen LogP contribution in [0, 0.1) is 11.8 Å². The van der Waals surface area contributed by atoms with Crippen molar-refractivity contribution in [3.63, 3.8) is 0 Å². The molecule has 2 atom stereocenters. The van der Waals surface area contributed by atoms with E-state index in [0.717, 1.165) is 11.8 Å². The minimum absolute atomic E-state index is 0.256. The van der Waals surface area contributed by atoms with Crippen LogP contribution in [0.4, 0.5) is 0 Å². The van der Waals surface area contributed by atoms with Crippen molar-refractivity contribution in [2.24, 2.45) is 11.8 Å². The third-order valence-corrected chi connectivity index (χ3v) is 5.27. The van der Waals surface area contributed by atoms with E-state index in [0.29, 0.717) is 0 Å². The molecule has 3 heteroatoms. The number of hydrogen-bond acceptors (Lipinski definition) is 2. The molecule has 17 heavy (non-hydrogen) atoms. The smallest absolute Gasteiger partial charge is 0.0285 e. The molecule has 1 nitrogen and oxygen atoms in total. The van der Waals surface area contributed by atoms with Gasteiger partial charge in [-0.05, 0) is 80.4 Å². The lowest BCUT2D eigenvalue weighted by molar-refractivity contribution is 0.160. The summed E-state index contributed by atoms with van der Waals surface area (Å²) in [6.07, 6.45) is 4.08. The van der Waals surface area contributed by atoms with Crippen molar-refractivity contribution in [1.82, 2.24) is 5.32 Å². The molecule has 1 saturated carbocycles. The van der Waals surface area contributed by atoms with Crippen molar-refractivity contribution in [3.05, 3.63) is 20.8 Å². The third-order valence-electron chi connectivity index (χ3n) is 3.55. The fourth-order valence-electron chi connectivity index (χ4n) is 2.33. The second-order valence-electron chi connectivity index (χ2n) is 6.16. The first-order chi connectivity index (χ1) is 7.94. The Balaban J connectivity index is 1.79. The maximum atomic E-state index is 3.64. The second kappa shape index (κ2) is 5.41. The Kier molecular flexibility index (Phi) is 4.32. The minimum Gasteiger partial charge on any atom is -0.312 e. The summed E-state index contributed by atoms with van der Waals surface area (Å²) < 4.78 is 1.24. The molecular formula is C14H22BrNS. The maximum absolute atomic E-state index is 3.64. The van der Waals surface area contributed by atoms with Gasteiger partial charge in [-0.15, -0.1) is 11.3 Å². The van der Waals surface area contributed by atoms with Gasteiger partial charge in [-0.1, -0.05) is 0 Å². The van der Waals surface area contributed by atoms with Gasteiger partial charge in [-0.3, -0.25) is 0 Å². The molecule has 1 N–H and O–H groups in total. The van der Waals surface area contributed by atoms with E-state index in [4.69, 9.17) is 0 Å². The van der Waals surface area contributed by atoms with Crippen LogP contribution in [0.25, 0.3) is 0 Å². The van der Waals surface area contributed by atoms with Crippen LogP contribution in [0.1, 0.15) is 38.5 Å². The summed E-state index contributed by atoms with van der Waals surface area (Å²) in [4.78, 5) is 1.53. The zero-order valence-electron chi connectivity index (χ0n) is 10.9. The predicted octanol–water partition coefficient (Wildman–Crippen LogP) is 4.47. The van der Waals surface area contributed by atoms with E-state index in [-0.39, 0.29) is 5.54 Å². The molecule has 0 aliphatic heterocycles. The lowest BCUT2D eigenvalue weighted by atomic mass is 9.71. The molecule has 0 saturated heterocycles. The molecule has 1 aromatic heterocycles. The number of rotatable bonds is 4. The average Bonchev–Trinajstić information content (AvgIpc) is 2.57. The molecule has 0 radical (unpaired) electrons. The standard InChI is InChI=1S/C14H22BrNS/c1-14(2,3)16-8-11-5-4-10(11)6-13-7-12(15)9-17-13/h7,9-11,16H,4-6,8H2,1-3H3. The van der Waals surface area contributed by atoms with E-state index in [1.165, 1.54) is 35.2 Å². The molecular weight excluding hydrogens is 294 g/mol. The number of nitrogens with one attached hydrogen (secondary N) is 1. The zero-order valence-corrected chi connectivity index (χ0v) is 13.3. The van der Waals surface area contributed by atoms with Gasteiger partial charge < -0.3 is 5.32 Å². The third kappa shape index (κ3) is 4.08. The Morgan fingerprint density at radius 2 is 2.06 bits per heavy atom. The van der Waals surface area contributed by atoms with Gasteiger partial charge in [-0.25, -0.2) is 0 Å². The Morgan fingerprint density at radius 1 is 1.35 bits per heavy atom. The quantitative estimate of drug-likeness (QED) is 0.864. The van der Waals surface area contributed by atoms with Crippen LogP contribution < -0.4 is 5.32 Å². The summed E-state index contributed by atoms with van der Waals surface area (Å²) in [6.45, 7) is 7.92. The lowest BCUT2D eigenvalue weighted by Crippen LogP contribution is -2.44. The lowest BCUT2D eigenvalue weighted by Gasteiger charge is -2.38. The van der Waals surface area contributed by atoms with Crippen LogP contribution >= 0.6 is 27.3 Å². The predicted molar refractivity (Wildman–Crippen MR) is 79.7 cm³/mol. The minimum atomic E-state index is 0.256. The van der Waals surface area contributed by atoms with Crippen LogP contribution in [-0.2, 0) is 6.42 Å². The van der Waals surface area contributed by atoms with Crippen LogP contribution in [0.2, 0.25) is 0 Å². The first kappa shape index (κ1) is 13.6. The van der Waals surface area contributed by atoms with Crippen molar-refractivity contribution in [3.8, 4) is 0 Å². The Hall–Kier alpha value is 0.140. The summed E-state index contributed by atoms with van der Waals surface area (Å²) in [5, 5.41) is 5.83. The number of hydrogen-bond donors (Lipinski definition) is 1. The molecule has 0 spiro atoms. The van der Waals surface area contributed by atoms with Crippen molar-refractivity contribution in [2.45, 2.75) is 45.6 Å². The molecule has 96 valence electrons. The van der Waals surface area contributed by atoms with Crippen molar-refractivity contribution in [2.75, 3.05) is 6.54 Å². The Morgan fingerprint density at radius 3 is 2.53 bits per heavy atom. The topological polar surface area (TPSA) is 12.0 Å². The molecule has 1 heterocycles. The zero-order chi connectivity index (χ0) is 12.5. The van der Waals surface area contributed by atoms with E-state index in [1.54, 1.807) is 0 Å².